The van der Waals surface area contributed by atoms with Gasteiger partial charge < -0.3 is 19.4 Å². The second kappa shape index (κ2) is 9.64. The predicted octanol–water partition coefficient (Wildman–Crippen LogP) is 4.70. The van der Waals surface area contributed by atoms with Crippen LogP contribution in [0.3, 0.4) is 0 Å². The summed E-state index contributed by atoms with van der Waals surface area (Å²) in [5, 5.41) is 14.7. The molecule has 2 aromatic heterocycles. The lowest BCUT2D eigenvalue weighted by molar-refractivity contribution is -0.117. The van der Waals surface area contributed by atoms with Gasteiger partial charge in [-0.2, -0.15) is 4.98 Å². The minimum Gasteiger partial charge on any atom is -0.381 e. The number of benzene rings is 2. The molecule has 0 radical (unpaired) electrons. The number of fused-ring (bicyclic) bond motifs is 1. The van der Waals surface area contributed by atoms with Gasteiger partial charge in [-0.3, -0.25) is 4.79 Å². The third-order valence-electron chi connectivity index (χ3n) is 7.43. The Kier molecular flexibility index (Phi) is 6.25. The highest BCUT2D eigenvalue weighted by atomic mass is 19.1. The van der Waals surface area contributed by atoms with Gasteiger partial charge in [0.2, 0.25) is 5.91 Å². The van der Waals surface area contributed by atoms with E-state index in [1.54, 1.807) is 26.0 Å². The number of aliphatic hydroxyl groups is 1. The van der Waals surface area contributed by atoms with Gasteiger partial charge in [0.15, 0.2) is 5.82 Å². The van der Waals surface area contributed by atoms with Crippen LogP contribution in [-0.2, 0) is 10.4 Å². The zero-order chi connectivity index (χ0) is 27.3. The van der Waals surface area contributed by atoms with Crippen LogP contribution in [0.5, 0.6) is 0 Å². The highest BCUT2D eigenvalue weighted by molar-refractivity contribution is 6.00. The zero-order valence-corrected chi connectivity index (χ0v) is 21.7. The number of hydrogen-bond donors (Lipinski definition) is 1. The third kappa shape index (κ3) is 4.71. The summed E-state index contributed by atoms with van der Waals surface area (Å²) in [5.41, 5.74) is 0.461. The number of carbonyl (C=O) groups is 1. The van der Waals surface area contributed by atoms with E-state index in [1.165, 1.54) is 29.4 Å². The van der Waals surface area contributed by atoms with Crippen molar-refractivity contribution in [2.45, 2.75) is 51.0 Å². The lowest BCUT2D eigenvalue weighted by Gasteiger charge is -2.32. The number of hydrogen-bond acceptors (Lipinski definition) is 8. The smallest absolute Gasteiger partial charge is 0.258 e. The molecule has 4 aromatic rings. The van der Waals surface area contributed by atoms with Crippen molar-refractivity contribution in [3.8, 4) is 11.1 Å². The van der Waals surface area contributed by atoms with E-state index in [1.807, 2.05) is 0 Å². The molecule has 202 valence electrons. The summed E-state index contributed by atoms with van der Waals surface area (Å²) in [4.78, 5) is 28.9. The first-order valence-corrected chi connectivity index (χ1v) is 13.0. The summed E-state index contributed by atoms with van der Waals surface area (Å²) >= 11 is 0. The molecule has 2 aliphatic rings. The molecular formula is C28H28F2N6O3. The number of nitrogens with zero attached hydrogens (tertiary/aromatic N) is 6. The molecule has 9 nitrogen and oxygen atoms in total. The van der Waals surface area contributed by atoms with Gasteiger partial charge in [0.25, 0.3) is 5.89 Å². The lowest BCUT2D eigenvalue weighted by atomic mass is 9.95. The Hall–Kier alpha value is -3.99. The minimum atomic E-state index is -1.21. The van der Waals surface area contributed by atoms with Crippen LogP contribution < -0.4 is 9.80 Å². The summed E-state index contributed by atoms with van der Waals surface area (Å²) in [7, 11) is 0. The molecule has 2 saturated heterocycles. The van der Waals surface area contributed by atoms with E-state index in [0.717, 1.165) is 12.8 Å². The van der Waals surface area contributed by atoms with Gasteiger partial charge in [-0.05, 0) is 62.9 Å². The molecular weight excluding hydrogens is 506 g/mol. The van der Waals surface area contributed by atoms with Crippen molar-refractivity contribution < 1.29 is 23.2 Å². The number of halogens is 2. The normalized spacial score (nSPS) is 17.0. The molecule has 11 heteroatoms. The maximum Gasteiger partial charge on any atom is 0.258 e. The zero-order valence-electron chi connectivity index (χ0n) is 21.7. The fraction of sp³-hybridized carbons (Fsp3) is 0.393. The number of anilines is 2. The monoisotopic (exact) mass is 534 g/mol. The van der Waals surface area contributed by atoms with Crippen LogP contribution in [0.15, 0.2) is 41.2 Å². The van der Waals surface area contributed by atoms with Crippen molar-refractivity contribution in [1.29, 1.82) is 0 Å². The van der Waals surface area contributed by atoms with Crippen molar-refractivity contribution in [3.63, 3.8) is 0 Å². The summed E-state index contributed by atoms with van der Waals surface area (Å²) in [6, 6.07) is 7.34. The Balaban J connectivity index is 1.28. The van der Waals surface area contributed by atoms with Crippen LogP contribution in [0, 0.1) is 11.6 Å². The molecule has 2 fully saturated rings. The van der Waals surface area contributed by atoms with Crippen molar-refractivity contribution in [3.05, 3.63) is 60.0 Å². The number of rotatable bonds is 5. The largest absolute Gasteiger partial charge is 0.381 e. The Labute approximate surface area is 223 Å². The Morgan fingerprint density at radius 3 is 2.54 bits per heavy atom. The van der Waals surface area contributed by atoms with E-state index in [4.69, 9.17) is 4.52 Å². The molecule has 2 aromatic carbocycles. The molecule has 1 amide bonds. The minimum absolute atomic E-state index is 0.0606. The highest BCUT2D eigenvalue weighted by Crippen LogP contribution is 2.37. The van der Waals surface area contributed by atoms with E-state index >= 15 is 4.39 Å². The Morgan fingerprint density at radius 1 is 1.08 bits per heavy atom. The molecule has 0 unspecified atom stereocenters. The van der Waals surface area contributed by atoms with Crippen LogP contribution in [-0.4, -0.2) is 50.8 Å². The lowest BCUT2D eigenvalue weighted by Crippen LogP contribution is -2.34. The van der Waals surface area contributed by atoms with Gasteiger partial charge in [0.1, 0.15) is 29.4 Å². The van der Waals surface area contributed by atoms with Gasteiger partial charge in [-0.1, -0.05) is 11.2 Å². The number of piperidine rings is 1. The standard InChI is InChI=1S/C28H28F2N6O3/c1-28(2,38)27-33-25(34-39-27)16-7-10-35(11-8-16)26-20-14-18(29)13-19(24(20)31-15-32-26)17-5-6-22(21(30)12-17)36-9-3-4-23(36)37/h5-6,12-16,38H,3-4,7-11H2,1-2H3. The van der Waals surface area contributed by atoms with Crippen molar-refractivity contribution in [2.24, 2.45) is 0 Å². The summed E-state index contributed by atoms with van der Waals surface area (Å²) in [6.07, 6.45) is 3.99. The molecule has 0 atom stereocenters. The second-order valence-corrected chi connectivity index (χ2v) is 10.6. The maximum atomic E-state index is 15.1. The van der Waals surface area contributed by atoms with Crippen LogP contribution in [0.25, 0.3) is 22.0 Å². The van der Waals surface area contributed by atoms with Crippen molar-refractivity contribution in [2.75, 3.05) is 29.4 Å². The Bertz CT molecular complexity index is 1560. The fourth-order valence-electron chi connectivity index (χ4n) is 5.39. The van der Waals surface area contributed by atoms with Crippen LogP contribution >= 0.6 is 0 Å². The highest BCUT2D eigenvalue weighted by Gasteiger charge is 2.30. The van der Waals surface area contributed by atoms with Gasteiger partial charge >= 0.3 is 0 Å². The van der Waals surface area contributed by atoms with Crippen molar-refractivity contribution >= 4 is 28.3 Å². The second-order valence-electron chi connectivity index (χ2n) is 10.6. The first kappa shape index (κ1) is 25.3. The molecule has 6 rings (SSSR count). The topological polar surface area (TPSA) is 108 Å². The molecule has 0 aliphatic carbocycles. The Morgan fingerprint density at radius 2 is 1.87 bits per heavy atom. The number of aromatic nitrogens is 4. The fourth-order valence-corrected chi connectivity index (χ4v) is 5.39. The van der Waals surface area contributed by atoms with Gasteiger partial charge in [0.05, 0.1) is 11.2 Å². The summed E-state index contributed by atoms with van der Waals surface area (Å²) in [6.45, 7) is 4.93. The molecule has 0 saturated carbocycles. The SMILES string of the molecule is CC(C)(O)c1nc(C2CCN(c3ncnc4c(-c5ccc(N6CCCC6=O)c(F)c5)cc(F)cc34)CC2)no1. The summed E-state index contributed by atoms with van der Waals surface area (Å²) < 4.78 is 35.3. The summed E-state index contributed by atoms with van der Waals surface area (Å²) in [5.74, 6) is 0.292. The first-order chi connectivity index (χ1) is 18.7. The predicted molar refractivity (Wildman–Crippen MR) is 140 cm³/mol. The van der Waals surface area contributed by atoms with Gasteiger partial charge in [-0.15, -0.1) is 0 Å². The van der Waals surface area contributed by atoms with Crippen molar-refractivity contribution in [1.82, 2.24) is 20.1 Å². The average Bonchev–Trinajstić information content (AvgIpc) is 3.58. The first-order valence-electron chi connectivity index (χ1n) is 13.0. The van der Waals surface area contributed by atoms with Gasteiger partial charge in [-0.25, -0.2) is 18.7 Å². The van der Waals surface area contributed by atoms with E-state index < -0.39 is 17.2 Å². The maximum absolute atomic E-state index is 15.1. The van der Waals surface area contributed by atoms with E-state index in [-0.39, 0.29) is 23.4 Å². The molecule has 39 heavy (non-hydrogen) atoms. The van der Waals surface area contributed by atoms with Crippen LogP contribution in [0.2, 0.25) is 0 Å². The quantitative estimate of drug-likeness (QED) is 0.393. The average molecular weight is 535 g/mol. The van der Waals surface area contributed by atoms with Crippen LogP contribution in [0.1, 0.15) is 57.2 Å². The molecule has 2 aliphatic heterocycles. The molecule has 1 N–H and O–H groups in total. The number of amides is 1. The van der Waals surface area contributed by atoms with E-state index in [0.29, 0.717) is 66.1 Å². The molecule has 0 spiro atoms. The molecule has 0 bridgehead atoms. The third-order valence-corrected chi connectivity index (χ3v) is 7.43. The number of carbonyl (C=O) groups excluding carboxylic acids is 1. The van der Waals surface area contributed by atoms with Gasteiger partial charge in [0, 0.05) is 42.9 Å². The van der Waals surface area contributed by atoms with Crippen LogP contribution in [0.4, 0.5) is 20.3 Å². The molecule has 4 heterocycles. The van der Waals surface area contributed by atoms with E-state index in [2.05, 4.69) is 25.0 Å². The van der Waals surface area contributed by atoms with E-state index in [9.17, 15) is 14.3 Å².